The van der Waals surface area contributed by atoms with Gasteiger partial charge < -0.3 is 10.5 Å². The third-order valence-electron chi connectivity index (χ3n) is 2.51. The van der Waals surface area contributed by atoms with Gasteiger partial charge in [-0.05, 0) is 31.0 Å². The number of pyridine rings is 1. The van der Waals surface area contributed by atoms with Crippen LogP contribution in [0, 0.1) is 6.92 Å². The maximum Gasteiger partial charge on any atom is 0.310 e. The molecule has 0 unspecified atom stereocenters. The van der Waals surface area contributed by atoms with Crippen molar-refractivity contribution in [3.63, 3.8) is 0 Å². The van der Waals surface area contributed by atoms with Gasteiger partial charge in [0.2, 0.25) is 0 Å². The first-order chi connectivity index (χ1) is 8.49. The molecule has 0 amide bonds. The van der Waals surface area contributed by atoms with Gasteiger partial charge in [0, 0.05) is 12.2 Å². The van der Waals surface area contributed by atoms with E-state index in [1.165, 1.54) is 6.07 Å². The number of aromatic nitrogens is 1. The molecule has 1 aromatic heterocycles. The summed E-state index contributed by atoms with van der Waals surface area (Å²) in [7, 11) is 0. The van der Waals surface area contributed by atoms with Crippen molar-refractivity contribution in [2.45, 2.75) is 33.2 Å². The predicted octanol–water partition coefficient (Wildman–Crippen LogP) is 1.89. The summed E-state index contributed by atoms with van der Waals surface area (Å²) >= 11 is 0. The molecule has 100 valence electrons. The van der Waals surface area contributed by atoms with Gasteiger partial charge in [0.1, 0.15) is 5.69 Å². The Morgan fingerprint density at radius 1 is 1.56 bits per heavy atom. The average molecular weight is 258 g/mol. The predicted molar refractivity (Wildman–Crippen MR) is 62.2 cm³/mol. The number of nitrogens with two attached hydrogens (primary N) is 1. The van der Waals surface area contributed by atoms with Crippen LogP contribution in [0.3, 0.4) is 0 Å². The Labute approximate surface area is 104 Å². The molecule has 0 aliphatic carbocycles. The smallest absolute Gasteiger partial charge is 0.310 e. The van der Waals surface area contributed by atoms with Crippen molar-refractivity contribution in [2.75, 3.05) is 6.61 Å². The molecule has 0 saturated heterocycles. The Morgan fingerprint density at radius 2 is 2.22 bits per heavy atom. The molecular formula is C12H16F2N2O2. The molecule has 0 atom stereocenters. The molecule has 0 radical (unpaired) electrons. The van der Waals surface area contributed by atoms with E-state index in [4.69, 9.17) is 10.5 Å². The lowest BCUT2D eigenvalue weighted by Crippen LogP contribution is -2.14. The number of ether oxygens (including phenoxy) is 1. The van der Waals surface area contributed by atoms with Crippen molar-refractivity contribution in [1.29, 1.82) is 0 Å². The number of aryl methyl sites for hydroxylation is 1. The minimum absolute atomic E-state index is 0.00270. The summed E-state index contributed by atoms with van der Waals surface area (Å²) in [6, 6.07) is 1.24. The van der Waals surface area contributed by atoms with Gasteiger partial charge >= 0.3 is 5.97 Å². The van der Waals surface area contributed by atoms with Gasteiger partial charge in [0.15, 0.2) is 0 Å². The summed E-state index contributed by atoms with van der Waals surface area (Å²) in [6.07, 6.45) is -2.64. The first-order valence-electron chi connectivity index (χ1n) is 5.62. The molecule has 2 N–H and O–H groups in total. The van der Waals surface area contributed by atoms with Crippen molar-refractivity contribution in [2.24, 2.45) is 5.73 Å². The topological polar surface area (TPSA) is 65.2 Å². The molecule has 18 heavy (non-hydrogen) atoms. The lowest BCUT2D eigenvalue weighted by Gasteiger charge is -2.12. The fourth-order valence-electron chi connectivity index (χ4n) is 1.68. The Hall–Kier alpha value is -1.56. The summed E-state index contributed by atoms with van der Waals surface area (Å²) in [6.45, 7) is 3.64. The summed E-state index contributed by atoms with van der Waals surface area (Å²) in [4.78, 5) is 15.2. The zero-order valence-electron chi connectivity index (χ0n) is 10.4. The van der Waals surface area contributed by atoms with E-state index in [1.54, 1.807) is 13.8 Å². The number of hydrogen-bond donors (Lipinski definition) is 1. The third kappa shape index (κ3) is 3.46. The van der Waals surface area contributed by atoms with Gasteiger partial charge in [0.25, 0.3) is 6.43 Å². The lowest BCUT2D eigenvalue weighted by molar-refractivity contribution is -0.142. The van der Waals surface area contributed by atoms with E-state index >= 15 is 0 Å². The van der Waals surface area contributed by atoms with E-state index in [0.717, 1.165) is 0 Å². The largest absolute Gasteiger partial charge is 0.466 e. The van der Waals surface area contributed by atoms with Crippen LogP contribution in [0.1, 0.15) is 35.9 Å². The van der Waals surface area contributed by atoms with Crippen LogP contribution in [-0.4, -0.2) is 17.6 Å². The van der Waals surface area contributed by atoms with E-state index in [-0.39, 0.29) is 25.3 Å². The Morgan fingerprint density at radius 3 is 2.72 bits per heavy atom. The highest BCUT2D eigenvalue weighted by atomic mass is 19.3. The molecule has 0 fully saturated rings. The minimum Gasteiger partial charge on any atom is -0.466 e. The maximum absolute atomic E-state index is 12.6. The van der Waals surface area contributed by atoms with Crippen LogP contribution in [0.2, 0.25) is 0 Å². The fourth-order valence-corrected chi connectivity index (χ4v) is 1.68. The second-order valence-electron chi connectivity index (χ2n) is 3.76. The molecule has 0 aromatic carbocycles. The highest BCUT2D eigenvalue weighted by molar-refractivity contribution is 5.73. The fraction of sp³-hybridized carbons (Fsp3) is 0.500. The van der Waals surface area contributed by atoms with Gasteiger partial charge in [-0.15, -0.1) is 0 Å². The second kappa shape index (κ2) is 6.39. The van der Waals surface area contributed by atoms with Crippen LogP contribution in [0.5, 0.6) is 0 Å². The Bertz CT molecular complexity index is 436. The average Bonchev–Trinajstić information content (AvgIpc) is 2.31. The van der Waals surface area contributed by atoms with Crippen LogP contribution in [0.15, 0.2) is 6.07 Å². The van der Waals surface area contributed by atoms with Crippen molar-refractivity contribution >= 4 is 5.97 Å². The summed E-state index contributed by atoms with van der Waals surface area (Å²) in [5.41, 5.74) is 6.66. The normalized spacial score (nSPS) is 10.8. The molecule has 1 aromatic rings. The lowest BCUT2D eigenvalue weighted by atomic mass is 10.0. The second-order valence-corrected chi connectivity index (χ2v) is 3.76. The molecule has 6 heteroatoms. The Kier molecular flexibility index (Phi) is 5.15. The molecule has 0 aliphatic rings. The van der Waals surface area contributed by atoms with Crippen molar-refractivity contribution < 1.29 is 18.3 Å². The van der Waals surface area contributed by atoms with Crippen LogP contribution >= 0.6 is 0 Å². The van der Waals surface area contributed by atoms with Crippen LogP contribution in [0.25, 0.3) is 0 Å². The number of esters is 1. The molecule has 0 spiro atoms. The number of halogens is 2. The number of carbonyl (C=O) groups is 1. The van der Waals surface area contributed by atoms with Crippen molar-refractivity contribution in [3.8, 4) is 0 Å². The zero-order valence-corrected chi connectivity index (χ0v) is 10.4. The van der Waals surface area contributed by atoms with Crippen LogP contribution in [-0.2, 0) is 22.5 Å². The van der Waals surface area contributed by atoms with Gasteiger partial charge in [-0.2, -0.15) is 0 Å². The van der Waals surface area contributed by atoms with Gasteiger partial charge in [-0.1, -0.05) is 0 Å². The van der Waals surface area contributed by atoms with E-state index in [2.05, 4.69) is 4.98 Å². The molecule has 0 bridgehead atoms. The number of nitrogens with zero attached hydrogens (tertiary/aromatic N) is 1. The molecule has 0 aliphatic heterocycles. The Balaban J connectivity index is 3.07. The van der Waals surface area contributed by atoms with E-state index in [1.807, 2.05) is 0 Å². The highest BCUT2D eigenvalue weighted by Gasteiger charge is 2.17. The molecular weight excluding hydrogens is 242 g/mol. The molecule has 1 rings (SSSR count). The number of alkyl halides is 2. The van der Waals surface area contributed by atoms with Crippen molar-refractivity contribution in [1.82, 2.24) is 4.98 Å². The summed E-state index contributed by atoms with van der Waals surface area (Å²) in [5.74, 6) is -0.415. The maximum atomic E-state index is 12.6. The first kappa shape index (κ1) is 14.5. The SMILES string of the molecule is CCOC(=O)Cc1c(CN)cc(C(F)F)nc1C. The van der Waals surface area contributed by atoms with Gasteiger partial charge in [-0.3, -0.25) is 9.78 Å². The molecule has 0 saturated carbocycles. The van der Waals surface area contributed by atoms with Crippen LogP contribution < -0.4 is 5.73 Å². The van der Waals surface area contributed by atoms with Gasteiger partial charge in [0.05, 0.1) is 13.0 Å². The number of carbonyl (C=O) groups excluding carboxylic acids is 1. The third-order valence-corrected chi connectivity index (χ3v) is 2.51. The number of hydrogen-bond acceptors (Lipinski definition) is 4. The van der Waals surface area contributed by atoms with E-state index in [0.29, 0.717) is 16.8 Å². The molecule has 1 heterocycles. The zero-order chi connectivity index (χ0) is 13.7. The standard InChI is InChI=1S/C12H16F2N2O2/c1-3-18-11(17)5-9-7(2)16-10(12(13)14)4-8(9)6-15/h4,12H,3,5-6,15H2,1-2H3. The van der Waals surface area contributed by atoms with Crippen LogP contribution in [0.4, 0.5) is 8.78 Å². The van der Waals surface area contributed by atoms with E-state index in [9.17, 15) is 13.6 Å². The minimum atomic E-state index is -2.65. The number of rotatable bonds is 5. The highest BCUT2D eigenvalue weighted by Crippen LogP contribution is 2.22. The summed E-state index contributed by atoms with van der Waals surface area (Å²) in [5, 5.41) is 0. The van der Waals surface area contributed by atoms with E-state index < -0.39 is 12.4 Å². The summed E-state index contributed by atoms with van der Waals surface area (Å²) < 4.78 is 30.0. The first-order valence-corrected chi connectivity index (χ1v) is 5.62. The quantitative estimate of drug-likeness (QED) is 0.819. The monoisotopic (exact) mass is 258 g/mol. The van der Waals surface area contributed by atoms with Gasteiger partial charge in [-0.25, -0.2) is 8.78 Å². The molecule has 4 nitrogen and oxygen atoms in total. The van der Waals surface area contributed by atoms with Crippen molar-refractivity contribution in [3.05, 3.63) is 28.6 Å².